The van der Waals surface area contributed by atoms with Gasteiger partial charge in [-0.15, -0.1) is 0 Å². The van der Waals surface area contributed by atoms with Gasteiger partial charge in [-0.25, -0.2) is 4.98 Å². The molecule has 0 radical (unpaired) electrons. The largest absolute Gasteiger partial charge is 0.338 e. The highest BCUT2D eigenvalue weighted by Gasteiger charge is 2.38. The van der Waals surface area contributed by atoms with E-state index in [0.717, 1.165) is 0 Å². The third-order valence-corrected chi connectivity index (χ3v) is 4.54. The van der Waals surface area contributed by atoms with E-state index in [1.165, 1.54) is 25.1 Å². The van der Waals surface area contributed by atoms with Gasteiger partial charge in [-0.1, -0.05) is 29.8 Å². The number of aromatic nitrogens is 2. The summed E-state index contributed by atoms with van der Waals surface area (Å²) in [7, 11) is 2.09. The van der Waals surface area contributed by atoms with Crippen molar-refractivity contribution in [1.82, 2.24) is 9.55 Å². The Morgan fingerprint density at radius 2 is 2.27 bits per heavy atom. The van der Waals surface area contributed by atoms with Crippen LogP contribution in [0, 0.1) is 5.41 Å². The fraction of sp³-hybridized carbons (Fsp3) is 0.750. The Morgan fingerprint density at radius 3 is 2.87 bits per heavy atom. The Bertz CT molecular complexity index is 343. The summed E-state index contributed by atoms with van der Waals surface area (Å²) in [5.74, 6) is 1.82. The first-order valence-electron chi connectivity index (χ1n) is 5.62. The summed E-state index contributed by atoms with van der Waals surface area (Å²) in [4.78, 5) is 5.17. The maximum atomic E-state index is 4.51. The lowest BCUT2D eigenvalue weighted by molar-refractivity contribution is 0.195. The van der Waals surface area contributed by atoms with Gasteiger partial charge in [0, 0.05) is 30.2 Å². The summed E-state index contributed by atoms with van der Waals surface area (Å²) in [6, 6.07) is 0. The summed E-state index contributed by atoms with van der Waals surface area (Å²) in [6.45, 7) is 4.73. The molecular formula is C12H19BrN2. The van der Waals surface area contributed by atoms with E-state index in [2.05, 4.69) is 46.4 Å². The Labute approximate surface area is 100 Å². The normalized spacial score (nSPS) is 30.4. The molecule has 0 aliphatic heterocycles. The monoisotopic (exact) mass is 270 g/mol. The quantitative estimate of drug-likeness (QED) is 0.715. The van der Waals surface area contributed by atoms with Gasteiger partial charge < -0.3 is 4.57 Å². The van der Waals surface area contributed by atoms with Crippen LogP contribution in [-0.4, -0.2) is 14.4 Å². The molecule has 1 aromatic heterocycles. The molecule has 0 aromatic carbocycles. The Morgan fingerprint density at radius 1 is 1.53 bits per heavy atom. The molecule has 2 nitrogen and oxygen atoms in total. The molecule has 0 bridgehead atoms. The second-order valence-electron chi connectivity index (χ2n) is 5.31. The van der Waals surface area contributed by atoms with Crippen molar-refractivity contribution >= 4 is 15.9 Å². The predicted octanol–water partition coefficient (Wildman–Crippen LogP) is 3.48. The molecule has 0 spiro atoms. The molecule has 0 amide bonds. The number of hydrogen-bond donors (Lipinski definition) is 0. The minimum Gasteiger partial charge on any atom is -0.338 e. The summed E-state index contributed by atoms with van der Waals surface area (Å²) in [5, 5.41) is 0. The average molecular weight is 271 g/mol. The SMILES string of the molecule is Cn1ccnc1C1CC(Br)CCC1(C)C. The number of hydrogen-bond acceptors (Lipinski definition) is 1. The average Bonchev–Trinajstić information content (AvgIpc) is 2.56. The van der Waals surface area contributed by atoms with E-state index >= 15 is 0 Å². The summed E-state index contributed by atoms with van der Waals surface area (Å²) >= 11 is 3.75. The molecular weight excluding hydrogens is 252 g/mol. The van der Waals surface area contributed by atoms with E-state index in [1.54, 1.807) is 0 Å². The highest BCUT2D eigenvalue weighted by atomic mass is 79.9. The molecule has 1 aliphatic rings. The van der Waals surface area contributed by atoms with Crippen LogP contribution in [0.3, 0.4) is 0 Å². The van der Waals surface area contributed by atoms with Gasteiger partial charge in [0.2, 0.25) is 0 Å². The number of alkyl halides is 1. The standard InChI is InChI=1S/C12H19BrN2/c1-12(2)5-4-9(13)8-10(12)11-14-6-7-15(11)3/h6-7,9-10H,4-5,8H2,1-3H3. The van der Waals surface area contributed by atoms with Crippen molar-refractivity contribution in [2.45, 2.75) is 43.9 Å². The Hall–Kier alpha value is -0.310. The molecule has 1 fully saturated rings. The van der Waals surface area contributed by atoms with Crippen molar-refractivity contribution < 1.29 is 0 Å². The first kappa shape index (κ1) is 11.2. The lowest BCUT2D eigenvalue weighted by Gasteiger charge is -2.40. The van der Waals surface area contributed by atoms with Gasteiger partial charge in [0.05, 0.1) is 0 Å². The molecule has 0 saturated heterocycles. The highest BCUT2D eigenvalue weighted by Crippen LogP contribution is 2.47. The number of imidazole rings is 1. The fourth-order valence-corrected chi connectivity index (χ4v) is 3.17. The minimum absolute atomic E-state index is 0.378. The van der Waals surface area contributed by atoms with Gasteiger partial charge in [0.1, 0.15) is 5.82 Å². The van der Waals surface area contributed by atoms with Crippen molar-refractivity contribution in [2.75, 3.05) is 0 Å². The molecule has 2 unspecified atom stereocenters. The lowest BCUT2D eigenvalue weighted by atomic mass is 9.68. The van der Waals surface area contributed by atoms with Crippen molar-refractivity contribution in [2.24, 2.45) is 12.5 Å². The van der Waals surface area contributed by atoms with Crippen molar-refractivity contribution in [3.8, 4) is 0 Å². The molecule has 3 heteroatoms. The number of halogens is 1. The topological polar surface area (TPSA) is 17.8 Å². The van der Waals surface area contributed by atoms with E-state index < -0.39 is 0 Å². The Balaban J connectivity index is 2.29. The van der Waals surface area contributed by atoms with Gasteiger partial charge in [-0.3, -0.25) is 0 Å². The first-order chi connectivity index (χ1) is 7.00. The summed E-state index contributed by atoms with van der Waals surface area (Å²) in [6.07, 6.45) is 7.72. The van der Waals surface area contributed by atoms with Gasteiger partial charge in [0.25, 0.3) is 0 Å². The maximum Gasteiger partial charge on any atom is 0.112 e. The van der Waals surface area contributed by atoms with Crippen LogP contribution in [0.1, 0.15) is 44.9 Å². The molecule has 15 heavy (non-hydrogen) atoms. The van der Waals surface area contributed by atoms with Crippen LogP contribution >= 0.6 is 15.9 Å². The molecule has 84 valence electrons. The first-order valence-corrected chi connectivity index (χ1v) is 6.53. The molecule has 1 aliphatic carbocycles. The van der Waals surface area contributed by atoms with Crippen LogP contribution < -0.4 is 0 Å². The van der Waals surface area contributed by atoms with Crippen LogP contribution in [0.15, 0.2) is 12.4 Å². The highest BCUT2D eigenvalue weighted by molar-refractivity contribution is 9.09. The third-order valence-electron chi connectivity index (χ3n) is 3.71. The molecule has 1 heterocycles. The number of nitrogens with zero attached hydrogens (tertiary/aromatic N) is 2. The van der Waals surface area contributed by atoms with Crippen LogP contribution in [0.4, 0.5) is 0 Å². The molecule has 2 atom stereocenters. The van der Waals surface area contributed by atoms with Crippen LogP contribution in [-0.2, 0) is 7.05 Å². The van der Waals surface area contributed by atoms with Crippen molar-refractivity contribution in [3.05, 3.63) is 18.2 Å². The molecule has 1 aromatic rings. The summed E-state index contributed by atoms with van der Waals surface area (Å²) in [5.41, 5.74) is 0.378. The van der Waals surface area contributed by atoms with Crippen LogP contribution in [0.2, 0.25) is 0 Å². The smallest absolute Gasteiger partial charge is 0.112 e. The van der Waals surface area contributed by atoms with Gasteiger partial charge >= 0.3 is 0 Å². The zero-order valence-corrected chi connectivity index (χ0v) is 11.3. The molecule has 1 saturated carbocycles. The maximum absolute atomic E-state index is 4.51. The van der Waals surface area contributed by atoms with E-state index in [9.17, 15) is 0 Å². The number of rotatable bonds is 1. The fourth-order valence-electron chi connectivity index (χ4n) is 2.56. The van der Waals surface area contributed by atoms with Gasteiger partial charge in [-0.2, -0.15) is 0 Å². The van der Waals surface area contributed by atoms with Crippen molar-refractivity contribution in [1.29, 1.82) is 0 Å². The predicted molar refractivity (Wildman–Crippen MR) is 66.3 cm³/mol. The molecule has 0 N–H and O–H groups in total. The van der Waals surface area contributed by atoms with E-state index in [0.29, 0.717) is 16.2 Å². The minimum atomic E-state index is 0.378. The zero-order valence-electron chi connectivity index (χ0n) is 9.70. The second-order valence-corrected chi connectivity index (χ2v) is 6.60. The van der Waals surface area contributed by atoms with Gasteiger partial charge in [-0.05, 0) is 24.7 Å². The summed E-state index contributed by atoms with van der Waals surface area (Å²) < 4.78 is 2.16. The zero-order chi connectivity index (χ0) is 11.1. The van der Waals surface area contributed by atoms with E-state index in [1.807, 2.05) is 12.4 Å². The lowest BCUT2D eigenvalue weighted by Crippen LogP contribution is -2.32. The van der Waals surface area contributed by atoms with E-state index in [4.69, 9.17) is 0 Å². The van der Waals surface area contributed by atoms with E-state index in [-0.39, 0.29) is 0 Å². The molecule has 2 rings (SSSR count). The third kappa shape index (κ3) is 2.12. The Kier molecular flexibility index (Phi) is 2.93. The second kappa shape index (κ2) is 3.93. The number of aryl methyl sites for hydroxylation is 1. The van der Waals surface area contributed by atoms with Crippen LogP contribution in [0.5, 0.6) is 0 Å². The van der Waals surface area contributed by atoms with Crippen molar-refractivity contribution in [3.63, 3.8) is 0 Å². The van der Waals surface area contributed by atoms with Gasteiger partial charge in [0.15, 0.2) is 0 Å². The van der Waals surface area contributed by atoms with Crippen LogP contribution in [0.25, 0.3) is 0 Å².